The first-order chi connectivity index (χ1) is 15.9. The van der Waals surface area contributed by atoms with E-state index in [2.05, 4.69) is 29.4 Å². The Morgan fingerprint density at radius 1 is 1.09 bits per heavy atom. The Morgan fingerprint density at radius 3 is 2.64 bits per heavy atom. The lowest BCUT2D eigenvalue weighted by Gasteiger charge is -2.29. The van der Waals surface area contributed by atoms with E-state index in [-0.39, 0.29) is 5.92 Å². The van der Waals surface area contributed by atoms with Crippen molar-refractivity contribution in [3.05, 3.63) is 83.7 Å². The molecule has 5 rings (SSSR count). The third-order valence-electron chi connectivity index (χ3n) is 6.70. The highest BCUT2D eigenvalue weighted by atomic mass is 32.2. The smallest absolute Gasteiger partial charge is 0.167 e. The standard InChI is InChI=1S/C27H29N3O2S/c1-27(2,33(28)31)17-19(16-24-21(18-13-14-18)11-7-15-29-24)20-8-3-4-9-22(20)26-23-10-5-6-12-25(23)32-30-26/h3-12,15,18-19H,13-14,16-17,28H2,1-2H3/t19-,33?/m0/s1. The van der Waals surface area contributed by atoms with Gasteiger partial charge in [-0.05, 0) is 80.7 Å². The second kappa shape index (κ2) is 8.84. The minimum atomic E-state index is -1.45. The Labute approximate surface area is 197 Å². The van der Waals surface area contributed by atoms with Gasteiger partial charge in [0, 0.05) is 22.8 Å². The highest BCUT2D eigenvalue weighted by Gasteiger charge is 2.33. The van der Waals surface area contributed by atoms with Crippen LogP contribution in [0, 0.1) is 0 Å². The summed E-state index contributed by atoms with van der Waals surface area (Å²) in [6.45, 7) is 3.95. The molecule has 1 aliphatic carbocycles. The molecule has 2 atom stereocenters. The molecule has 2 aromatic carbocycles. The summed E-state index contributed by atoms with van der Waals surface area (Å²) in [6, 6.07) is 20.5. The number of fused-ring (bicyclic) bond motifs is 1. The van der Waals surface area contributed by atoms with Crippen molar-refractivity contribution in [1.82, 2.24) is 10.1 Å². The summed E-state index contributed by atoms with van der Waals surface area (Å²) in [7, 11) is -1.45. The topological polar surface area (TPSA) is 82.0 Å². The molecule has 0 saturated heterocycles. The van der Waals surface area contributed by atoms with Gasteiger partial charge in [-0.15, -0.1) is 0 Å². The predicted molar refractivity (Wildman–Crippen MR) is 133 cm³/mol. The second-order valence-corrected chi connectivity index (χ2v) is 11.3. The third kappa shape index (κ3) is 4.50. The Kier molecular flexibility index (Phi) is 5.89. The molecule has 1 saturated carbocycles. The Bertz CT molecular complexity index is 1310. The Hall–Kier alpha value is -2.83. The van der Waals surface area contributed by atoms with Crippen LogP contribution in [0.4, 0.5) is 0 Å². The highest BCUT2D eigenvalue weighted by molar-refractivity contribution is 7.84. The zero-order chi connectivity index (χ0) is 23.0. The molecule has 0 bridgehead atoms. The summed E-state index contributed by atoms with van der Waals surface area (Å²) in [5.74, 6) is 0.687. The summed E-state index contributed by atoms with van der Waals surface area (Å²) < 4.78 is 17.5. The Balaban J connectivity index is 1.61. The van der Waals surface area contributed by atoms with Crippen molar-refractivity contribution in [2.45, 2.75) is 56.1 Å². The summed E-state index contributed by atoms with van der Waals surface area (Å²) in [4.78, 5) is 4.78. The van der Waals surface area contributed by atoms with Crippen LogP contribution >= 0.6 is 0 Å². The number of para-hydroxylation sites is 1. The van der Waals surface area contributed by atoms with E-state index in [1.165, 1.54) is 18.4 Å². The molecule has 5 nitrogen and oxygen atoms in total. The average Bonchev–Trinajstić information content (AvgIpc) is 3.57. The number of hydrogen-bond acceptors (Lipinski definition) is 4. The van der Waals surface area contributed by atoms with Gasteiger partial charge in [0.2, 0.25) is 0 Å². The van der Waals surface area contributed by atoms with Crippen molar-refractivity contribution in [1.29, 1.82) is 0 Å². The number of nitrogens with two attached hydrogens (primary N) is 1. The van der Waals surface area contributed by atoms with E-state index in [1.54, 1.807) is 0 Å². The lowest BCUT2D eigenvalue weighted by Crippen LogP contribution is -2.34. The van der Waals surface area contributed by atoms with Crippen molar-refractivity contribution in [3.8, 4) is 11.3 Å². The van der Waals surface area contributed by atoms with E-state index in [4.69, 9.17) is 14.6 Å². The maximum Gasteiger partial charge on any atom is 0.167 e. The van der Waals surface area contributed by atoms with Crippen LogP contribution in [0.15, 0.2) is 71.4 Å². The molecule has 170 valence electrons. The number of aromatic nitrogens is 2. The van der Waals surface area contributed by atoms with Crippen molar-refractivity contribution in [2.75, 3.05) is 0 Å². The average molecular weight is 460 g/mol. The number of hydrogen-bond donors (Lipinski definition) is 1. The summed E-state index contributed by atoms with van der Waals surface area (Å²) in [5, 5.41) is 11.3. The van der Waals surface area contributed by atoms with Gasteiger partial charge >= 0.3 is 0 Å². The maximum absolute atomic E-state index is 12.4. The number of benzene rings is 2. The number of nitrogens with zero attached hydrogens (tertiary/aromatic N) is 2. The van der Waals surface area contributed by atoms with Gasteiger partial charge in [0.15, 0.2) is 5.58 Å². The largest absolute Gasteiger partial charge is 0.356 e. The van der Waals surface area contributed by atoms with Crippen LogP contribution in [-0.2, 0) is 17.4 Å². The fourth-order valence-electron chi connectivity index (χ4n) is 4.74. The zero-order valence-electron chi connectivity index (χ0n) is 19.0. The van der Waals surface area contributed by atoms with Gasteiger partial charge in [0.05, 0.1) is 15.7 Å². The summed E-state index contributed by atoms with van der Waals surface area (Å²) in [6.07, 6.45) is 5.76. The zero-order valence-corrected chi connectivity index (χ0v) is 19.8. The van der Waals surface area contributed by atoms with E-state index < -0.39 is 15.7 Å². The first-order valence-corrected chi connectivity index (χ1v) is 12.7. The van der Waals surface area contributed by atoms with Crippen LogP contribution in [0.5, 0.6) is 0 Å². The third-order valence-corrected chi connectivity index (χ3v) is 7.95. The van der Waals surface area contributed by atoms with Crippen LogP contribution in [-0.4, -0.2) is 19.1 Å². The molecule has 0 aliphatic heterocycles. The van der Waals surface area contributed by atoms with E-state index in [0.29, 0.717) is 12.3 Å². The monoisotopic (exact) mass is 459 g/mol. The second-order valence-electron chi connectivity index (χ2n) is 9.59. The summed E-state index contributed by atoms with van der Waals surface area (Å²) >= 11 is 0. The van der Waals surface area contributed by atoms with Gasteiger partial charge in [0.25, 0.3) is 0 Å². The van der Waals surface area contributed by atoms with Crippen LogP contribution in [0.25, 0.3) is 22.2 Å². The molecule has 2 aromatic heterocycles. The Morgan fingerprint density at radius 2 is 1.85 bits per heavy atom. The van der Waals surface area contributed by atoms with Gasteiger partial charge in [-0.2, -0.15) is 0 Å². The van der Waals surface area contributed by atoms with Gasteiger partial charge in [-0.25, -0.2) is 4.21 Å². The molecule has 2 N–H and O–H groups in total. The molecule has 4 aromatic rings. The number of rotatable bonds is 8. The first-order valence-electron chi connectivity index (χ1n) is 11.5. The molecule has 6 heteroatoms. The van der Waals surface area contributed by atoms with E-state index in [9.17, 15) is 4.21 Å². The van der Waals surface area contributed by atoms with Crippen LogP contribution in [0.2, 0.25) is 0 Å². The van der Waals surface area contributed by atoms with Crippen LogP contribution in [0.1, 0.15) is 61.8 Å². The fraction of sp³-hybridized carbons (Fsp3) is 0.333. The molecule has 0 radical (unpaired) electrons. The van der Waals surface area contributed by atoms with Crippen LogP contribution < -0.4 is 5.14 Å². The van der Waals surface area contributed by atoms with E-state index >= 15 is 0 Å². The summed E-state index contributed by atoms with van der Waals surface area (Å²) in [5.41, 5.74) is 6.27. The van der Waals surface area contributed by atoms with Crippen LogP contribution in [0.3, 0.4) is 0 Å². The van der Waals surface area contributed by atoms with Crippen molar-refractivity contribution in [3.63, 3.8) is 0 Å². The first kappa shape index (κ1) is 22.0. The van der Waals surface area contributed by atoms with Gasteiger partial charge in [0.1, 0.15) is 5.69 Å². The van der Waals surface area contributed by atoms with Crippen molar-refractivity contribution in [2.24, 2.45) is 5.14 Å². The maximum atomic E-state index is 12.4. The van der Waals surface area contributed by atoms with E-state index in [1.807, 2.05) is 56.4 Å². The molecule has 33 heavy (non-hydrogen) atoms. The molecular weight excluding hydrogens is 430 g/mol. The van der Waals surface area contributed by atoms with Gasteiger partial charge in [-0.1, -0.05) is 47.6 Å². The minimum absolute atomic E-state index is 0.0755. The lowest BCUT2D eigenvalue weighted by atomic mass is 9.82. The molecule has 1 unspecified atom stereocenters. The highest BCUT2D eigenvalue weighted by Crippen LogP contribution is 2.44. The fourth-order valence-corrected chi connectivity index (χ4v) is 5.10. The molecule has 2 heterocycles. The lowest BCUT2D eigenvalue weighted by molar-refractivity contribution is 0.459. The molecule has 0 spiro atoms. The molecule has 1 fully saturated rings. The normalized spacial score (nSPS) is 16.1. The molecule has 1 aliphatic rings. The molecular formula is C27H29N3O2S. The van der Waals surface area contributed by atoms with Gasteiger partial charge < -0.3 is 4.52 Å². The van der Waals surface area contributed by atoms with Gasteiger partial charge in [-0.3, -0.25) is 10.1 Å². The van der Waals surface area contributed by atoms with Crippen molar-refractivity contribution < 1.29 is 8.73 Å². The van der Waals surface area contributed by atoms with E-state index in [0.717, 1.165) is 39.9 Å². The molecule has 0 amide bonds. The SMILES string of the molecule is CC(C)(C[C@H](Cc1ncccc1C1CC1)c1ccccc1-c1noc2ccccc12)S(N)=O. The predicted octanol–water partition coefficient (Wildman–Crippen LogP) is 5.88. The number of pyridine rings is 1. The minimum Gasteiger partial charge on any atom is -0.356 e. The quantitative estimate of drug-likeness (QED) is 0.356. The van der Waals surface area contributed by atoms with Crippen molar-refractivity contribution >= 4 is 22.0 Å².